The number of nitrogens with one attached hydrogen (secondary N) is 1. The molecule has 1 saturated heterocycles. The molecule has 1 unspecified atom stereocenters. The van der Waals surface area contributed by atoms with Gasteiger partial charge < -0.3 is 5.32 Å². The number of fused-ring (bicyclic) bond motifs is 1. The number of hydrogen-bond acceptors (Lipinski definition) is 4. The van der Waals surface area contributed by atoms with Crippen molar-refractivity contribution in [1.82, 2.24) is 20.1 Å². The summed E-state index contributed by atoms with van der Waals surface area (Å²) in [5.41, 5.74) is 1.85. The summed E-state index contributed by atoms with van der Waals surface area (Å²) in [4.78, 5) is 11.9. The molecule has 16 heavy (non-hydrogen) atoms. The van der Waals surface area contributed by atoms with Gasteiger partial charge in [0, 0.05) is 19.5 Å². The number of hydrogen-bond donors (Lipinski definition) is 1. The number of Topliss-reactive ketones (excluding diaryl/α,β-unsaturated/α-hetero) is 1. The van der Waals surface area contributed by atoms with E-state index < -0.39 is 0 Å². The van der Waals surface area contributed by atoms with Gasteiger partial charge >= 0.3 is 0 Å². The minimum atomic E-state index is -0.0980. The lowest BCUT2D eigenvalue weighted by molar-refractivity contribution is -0.121. The highest BCUT2D eigenvalue weighted by molar-refractivity contribution is 5.86. The van der Waals surface area contributed by atoms with Crippen molar-refractivity contribution in [2.75, 3.05) is 13.1 Å². The fourth-order valence-electron chi connectivity index (χ4n) is 2.15. The van der Waals surface area contributed by atoms with Gasteiger partial charge in [0.2, 0.25) is 0 Å². The van der Waals surface area contributed by atoms with E-state index in [9.17, 15) is 4.79 Å². The van der Waals surface area contributed by atoms with Gasteiger partial charge in [0.05, 0.1) is 23.3 Å². The zero-order valence-electron chi connectivity index (χ0n) is 8.76. The molecule has 0 aromatic carbocycles. The molecule has 0 amide bonds. The second-order valence-corrected chi connectivity index (χ2v) is 3.99. The van der Waals surface area contributed by atoms with E-state index in [1.165, 1.54) is 0 Å². The molecule has 0 saturated carbocycles. The Morgan fingerprint density at radius 2 is 2.38 bits per heavy atom. The predicted octanol–water partition coefficient (Wildman–Crippen LogP) is 0.375. The lowest BCUT2D eigenvalue weighted by Crippen LogP contribution is -2.36. The van der Waals surface area contributed by atoms with E-state index >= 15 is 0 Å². The molecule has 3 rings (SSSR count). The van der Waals surface area contributed by atoms with Crippen LogP contribution in [0.25, 0.3) is 5.52 Å². The summed E-state index contributed by atoms with van der Waals surface area (Å²) >= 11 is 0. The van der Waals surface area contributed by atoms with E-state index in [1.807, 2.05) is 18.2 Å². The van der Waals surface area contributed by atoms with Crippen molar-refractivity contribution in [3.63, 3.8) is 0 Å². The molecule has 5 heteroatoms. The average Bonchev–Trinajstić information content (AvgIpc) is 2.77. The van der Waals surface area contributed by atoms with Crippen LogP contribution in [0.3, 0.4) is 0 Å². The van der Waals surface area contributed by atoms with Gasteiger partial charge in [-0.1, -0.05) is 11.3 Å². The van der Waals surface area contributed by atoms with Crippen molar-refractivity contribution in [3.8, 4) is 0 Å². The van der Waals surface area contributed by atoms with E-state index in [0.29, 0.717) is 13.0 Å². The molecular weight excluding hydrogens is 204 g/mol. The summed E-state index contributed by atoms with van der Waals surface area (Å²) in [5, 5.41) is 11.1. The minimum Gasteiger partial charge on any atom is -0.315 e. The molecular formula is C11H12N4O. The third kappa shape index (κ3) is 1.40. The molecule has 1 N–H and O–H groups in total. The normalized spacial score (nSPS) is 21.5. The van der Waals surface area contributed by atoms with Gasteiger partial charge in [-0.05, 0) is 12.1 Å². The molecule has 3 heterocycles. The van der Waals surface area contributed by atoms with Gasteiger partial charge in [-0.3, -0.25) is 4.79 Å². The Morgan fingerprint density at radius 3 is 3.25 bits per heavy atom. The Labute approximate surface area is 92.5 Å². The minimum absolute atomic E-state index is 0.0980. The summed E-state index contributed by atoms with van der Waals surface area (Å²) in [6.07, 6.45) is 2.29. The molecule has 5 nitrogen and oxygen atoms in total. The van der Waals surface area contributed by atoms with Crippen LogP contribution < -0.4 is 5.32 Å². The summed E-state index contributed by atoms with van der Waals surface area (Å²) in [6.45, 7) is 1.47. The molecule has 0 aliphatic carbocycles. The van der Waals surface area contributed by atoms with Crippen LogP contribution in [-0.2, 0) is 4.79 Å². The molecule has 1 fully saturated rings. The van der Waals surface area contributed by atoms with Gasteiger partial charge in [0.15, 0.2) is 0 Å². The first-order chi connectivity index (χ1) is 7.86. The van der Waals surface area contributed by atoms with Gasteiger partial charge in [-0.15, -0.1) is 5.10 Å². The maximum Gasteiger partial charge on any atom is 0.144 e. The van der Waals surface area contributed by atoms with Crippen molar-refractivity contribution in [2.45, 2.75) is 12.3 Å². The summed E-state index contributed by atoms with van der Waals surface area (Å²) in [5.74, 6) is 0.181. The van der Waals surface area contributed by atoms with E-state index in [1.54, 1.807) is 10.7 Å². The van der Waals surface area contributed by atoms with Crippen LogP contribution in [0.2, 0.25) is 0 Å². The van der Waals surface area contributed by atoms with Gasteiger partial charge in [0.25, 0.3) is 0 Å². The van der Waals surface area contributed by atoms with Crippen LogP contribution in [0, 0.1) is 0 Å². The fourth-order valence-corrected chi connectivity index (χ4v) is 2.15. The molecule has 0 bridgehead atoms. The van der Waals surface area contributed by atoms with E-state index in [-0.39, 0.29) is 11.7 Å². The van der Waals surface area contributed by atoms with Crippen molar-refractivity contribution in [2.24, 2.45) is 0 Å². The van der Waals surface area contributed by atoms with Crippen LogP contribution in [0.1, 0.15) is 18.0 Å². The number of carbonyl (C=O) groups is 1. The monoisotopic (exact) mass is 216 g/mol. The van der Waals surface area contributed by atoms with Gasteiger partial charge in [-0.2, -0.15) is 0 Å². The Hall–Kier alpha value is -1.75. The second-order valence-electron chi connectivity index (χ2n) is 3.99. The third-order valence-corrected chi connectivity index (χ3v) is 3.00. The molecule has 2 aromatic rings. The molecule has 0 radical (unpaired) electrons. The number of ketones is 1. The smallest absolute Gasteiger partial charge is 0.144 e. The maximum atomic E-state index is 11.9. The summed E-state index contributed by atoms with van der Waals surface area (Å²) in [6, 6.07) is 5.82. The van der Waals surface area contributed by atoms with Crippen molar-refractivity contribution in [1.29, 1.82) is 0 Å². The molecule has 1 aliphatic rings. The zero-order valence-corrected chi connectivity index (χ0v) is 8.76. The van der Waals surface area contributed by atoms with Gasteiger partial charge in [0.1, 0.15) is 5.78 Å². The Bertz CT molecular complexity index is 534. The lowest BCUT2D eigenvalue weighted by Gasteiger charge is -2.22. The van der Waals surface area contributed by atoms with Crippen LogP contribution in [0.5, 0.6) is 0 Å². The van der Waals surface area contributed by atoms with Crippen LogP contribution >= 0.6 is 0 Å². The molecule has 1 atom stereocenters. The summed E-state index contributed by atoms with van der Waals surface area (Å²) in [7, 11) is 0. The third-order valence-electron chi connectivity index (χ3n) is 3.00. The number of aromatic nitrogens is 3. The Morgan fingerprint density at radius 1 is 1.44 bits per heavy atom. The fraction of sp³-hybridized carbons (Fsp3) is 0.364. The van der Waals surface area contributed by atoms with Crippen molar-refractivity contribution in [3.05, 3.63) is 30.1 Å². The lowest BCUT2D eigenvalue weighted by atomic mass is 9.94. The van der Waals surface area contributed by atoms with E-state index in [4.69, 9.17) is 0 Å². The van der Waals surface area contributed by atoms with E-state index in [0.717, 1.165) is 17.8 Å². The average molecular weight is 216 g/mol. The quantitative estimate of drug-likeness (QED) is 0.748. The Balaban J connectivity index is 2.10. The van der Waals surface area contributed by atoms with Gasteiger partial charge in [-0.25, -0.2) is 4.52 Å². The second kappa shape index (κ2) is 3.68. The SMILES string of the molecule is O=C1CCNCC1c1cccc2cnnn12. The first-order valence-corrected chi connectivity index (χ1v) is 5.39. The molecule has 1 aliphatic heterocycles. The number of rotatable bonds is 1. The summed E-state index contributed by atoms with van der Waals surface area (Å²) < 4.78 is 1.75. The Kier molecular flexibility index (Phi) is 2.18. The highest BCUT2D eigenvalue weighted by atomic mass is 16.1. The molecule has 0 spiro atoms. The molecule has 82 valence electrons. The van der Waals surface area contributed by atoms with Crippen molar-refractivity contribution < 1.29 is 4.79 Å². The zero-order chi connectivity index (χ0) is 11.0. The van der Waals surface area contributed by atoms with E-state index in [2.05, 4.69) is 15.6 Å². The number of nitrogens with zero attached hydrogens (tertiary/aromatic N) is 3. The highest BCUT2D eigenvalue weighted by Crippen LogP contribution is 2.20. The largest absolute Gasteiger partial charge is 0.315 e. The van der Waals surface area contributed by atoms with Crippen molar-refractivity contribution >= 4 is 11.3 Å². The van der Waals surface area contributed by atoms with Crippen LogP contribution in [0.15, 0.2) is 24.4 Å². The van der Waals surface area contributed by atoms with Crippen LogP contribution in [0.4, 0.5) is 0 Å². The number of piperidine rings is 1. The topological polar surface area (TPSA) is 59.3 Å². The number of carbonyl (C=O) groups excluding carboxylic acids is 1. The predicted molar refractivity (Wildman–Crippen MR) is 58.2 cm³/mol. The first-order valence-electron chi connectivity index (χ1n) is 5.39. The van der Waals surface area contributed by atoms with Crippen LogP contribution in [-0.4, -0.2) is 33.7 Å². The number of pyridine rings is 1. The highest BCUT2D eigenvalue weighted by Gasteiger charge is 2.25. The molecule has 2 aromatic heterocycles. The maximum absolute atomic E-state index is 11.9. The first kappa shape index (κ1) is 9.47. The standard InChI is InChI=1S/C11H12N4O/c16-11-4-5-12-7-9(11)10-3-1-2-8-6-13-14-15(8)10/h1-3,6,9,12H,4-5,7H2.